The fraction of sp³-hybridized carbons (Fsp3) is 0.407. The summed E-state index contributed by atoms with van der Waals surface area (Å²) in [6.45, 7) is 2.55. The largest absolute Gasteiger partial charge is 0.461 e. The van der Waals surface area contributed by atoms with Gasteiger partial charge < -0.3 is 9.64 Å². The standard InChI is InChI=1S/C27H30Cl2FN3O2/c1-4-35-27(34)24-25(20-15-19(28)14-13-18(20)16-32(2)3)33(22-12-8-11-21(29)23(22)30)26(31-24)17-9-6-5-7-10-17/h8,11-15,17H,4-7,9-10,16H2,1-3H3. The Bertz CT molecular complexity index is 1220. The minimum absolute atomic E-state index is 0.00837. The van der Waals surface area contributed by atoms with Crippen LogP contribution in [0.1, 0.15) is 66.8 Å². The van der Waals surface area contributed by atoms with Gasteiger partial charge in [0, 0.05) is 23.0 Å². The summed E-state index contributed by atoms with van der Waals surface area (Å²) >= 11 is 12.7. The van der Waals surface area contributed by atoms with Gasteiger partial charge in [0.25, 0.3) is 0 Å². The van der Waals surface area contributed by atoms with E-state index < -0.39 is 11.8 Å². The van der Waals surface area contributed by atoms with Crippen molar-refractivity contribution in [2.75, 3.05) is 20.7 Å². The van der Waals surface area contributed by atoms with Crippen LogP contribution in [-0.4, -0.2) is 41.1 Å². The van der Waals surface area contributed by atoms with Crippen LogP contribution in [0.4, 0.5) is 4.39 Å². The van der Waals surface area contributed by atoms with E-state index in [0.29, 0.717) is 28.6 Å². The van der Waals surface area contributed by atoms with Crippen LogP contribution >= 0.6 is 23.2 Å². The molecule has 0 saturated heterocycles. The van der Waals surface area contributed by atoms with Gasteiger partial charge in [-0.3, -0.25) is 4.57 Å². The Morgan fingerprint density at radius 3 is 2.60 bits per heavy atom. The molecular weight excluding hydrogens is 488 g/mol. The third kappa shape index (κ3) is 5.40. The minimum Gasteiger partial charge on any atom is -0.461 e. The van der Waals surface area contributed by atoms with Crippen molar-refractivity contribution < 1.29 is 13.9 Å². The van der Waals surface area contributed by atoms with Gasteiger partial charge in [-0.2, -0.15) is 0 Å². The van der Waals surface area contributed by atoms with E-state index in [9.17, 15) is 4.79 Å². The average Bonchev–Trinajstić information content (AvgIpc) is 3.23. The Kier molecular flexibility index (Phi) is 8.15. The van der Waals surface area contributed by atoms with Gasteiger partial charge in [0.1, 0.15) is 5.82 Å². The molecule has 0 N–H and O–H groups in total. The second kappa shape index (κ2) is 11.1. The number of benzene rings is 2. The van der Waals surface area contributed by atoms with E-state index in [1.165, 1.54) is 6.07 Å². The summed E-state index contributed by atoms with van der Waals surface area (Å²) in [6.07, 6.45) is 5.11. The number of nitrogens with zero attached hydrogens (tertiary/aromatic N) is 3. The minimum atomic E-state index is -0.559. The van der Waals surface area contributed by atoms with Crippen molar-refractivity contribution in [1.29, 1.82) is 0 Å². The molecule has 1 saturated carbocycles. The molecule has 1 aliphatic carbocycles. The molecule has 2 aromatic carbocycles. The SMILES string of the molecule is CCOC(=O)c1nc(C2CCCCC2)n(-c2cccc(Cl)c2F)c1-c1cc(Cl)ccc1CN(C)C. The zero-order valence-electron chi connectivity index (χ0n) is 20.3. The Labute approximate surface area is 215 Å². The first kappa shape index (κ1) is 25.7. The van der Waals surface area contributed by atoms with Crippen molar-refractivity contribution in [3.63, 3.8) is 0 Å². The van der Waals surface area contributed by atoms with Crippen molar-refractivity contribution in [2.24, 2.45) is 0 Å². The van der Waals surface area contributed by atoms with Crippen LogP contribution < -0.4 is 0 Å². The van der Waals surface area contributed by atoms with Crippen LogP contribution in [0.5, 0.6) is 0 Å². The monoisotopic (exact) mass is 517 g/mol. The van der Waals surface area contributed by atoms with Gasteiger partial charge in [-0.25, -0.2) is 14.2 Å². The Hall–Kier alpha value is -2.41. The topological polar surface area (TPSA) is 47.4 Å². The number of carbonyl (C=O) groups excluding carboxylic acids is 1. The molecule has 0 radical (unpaired) electrons. The van der Waals surface area contributed by atoms with E-state index in [4.69, 9.17) is 32.9 Å². The lowest BCUT2D eigenvalue weighted by atomic mass is 9.88. The Morgan fingerprint density at radius 2 is 1.91 bits per heavy atom. The fourth-order valence-electron chi connectivity index (χ4n) is 4.82. The smallest absolute Gasteiger partial charge is 0.359 e. The van der Waals surface area contributed by atoms with Crippen molar-refractivity contribution in [2.45, 2.75) is 51.5 Å². The molecule has 0 spiro atoms. The van der Waals surface area contributed by atoms with Crippen molar-refractivity contribution in [1.82, 2.24) is 14.5 Å². The molecule has 1 aromatic heterocycles. The van der Waals surface area contributed by atoms with Gasteiger partial charge in [-0.15, -0.1) is 0 Å². The number of ether oxygens (including phenoxy) is 1. The molecule has 4 rings (SSSR count). The van der Waals surface area contributed by atoms with Crippen LogP contribution in [0.3, 0.4) is 0 Å². The van der Waals surface area contributed by atoms with Gasteiger partial charge in [-0.05, 0) is 63.7 Å². The van der Waals surface area contributed by atoms with Gasteiger partial charge in [0.15, 0.2) is 11.5 Å². The number of imidazole rings is 1. The first-order valence-corrected chi connectivity index (χ1v) is 12.7. The number of hydrogen-bond donors (Lipinski definition) is 0. The molecule has 3 aromatic rings. The third-order valence-corrected chi connectivity index (χ3v) is 6.86. The van der Waals surface area contributed by atoms with Crippen LogP contribution in [0.25, 0.3) is 16.9 Å². The average molecular weight is 518 g/mol. The number of aromatic nitrogens is 2. The lowest BCUT2D eigenvalue weighted by Crippen LogP contribution is -2.15. The van der Waals surface area contributed by atoms with E-state index in [1.54, 1.807) is 23.6 Å². The first-order valence-electron chi connectivity index (χ1n) is 12.0. The molecule has 1 fully saturated rings. The van der Waals surface area contributed by atoms with E-state index in [1.807, 2.05) is 37.2 Å². The maximum Gasteiger partial charge on any atom is 0.359 e. The number of esters is 1. The Morgan fingerprint density at radius 1 is 1.17 bits per heavy atom. The molecule has 0 aliphatic heterocycles. The summed E-state index contributed by atoms with van der Waals surface area (Å²) in [5, 5.41) is 0.518. The second-order valence-electron chi connectivity index (χ2n) is 9.17. The predicted molar refractivity (Wildman–Crippen MR) is 138 cm³/mol. The quantitative estimate of drug-likeness (QED) is 0.309. The molecule has 0 unspecified atom stereocenters. The maximum atomic E-state index is 15.5. The van der Waals surface area contributed by atoms with Crippen molar-refractivity contribution in [3.8, 4) is 16.9 Å². The summed E-state index contributed by atoms with van der Waals surface area (Å²) in [6, 6.07) is 10.4. The fourth-order valence-corrected chi connectivity index (χ4v) is 5.16. The molecular formula is C27H30Cl2FN3O2. The lowest BCUT2D eigenvalue weighted by Gasteiger charge is -2.24. The number of carbonyl (C=O) groups is 1. The summed E-state index contributed by atoms with van der Waals surface area (Å²) in [4.78, 5) is 20.1. The van der Waals surface area contributed by atoms with Gasteiger partial charge in [-0.1, -0.05) is 54.6 Å². The molecule has 8 heteroatoms. The normalized spacial score (nSPS) is 14.5. The van der Waals surface area contributed by atoms with E-state index in [-0.39, 0.29) is 28.9 Å². The van der Waals surface area contributed by atoms with E-state index in [0.717, 1.165) is 37.7 Å². The highest BCUT2D eigenvalue weighted by Crippen LogP contribution is 2.41. The Balaban J connectivity index is 2.09. The van der Waals surface area contributed by atoms with Crippen LogP contribution in [0, 0.1) is 5.82 Å². The molecule has 5 nitrogen and oxygen atoms in total. The summed E-state index contributed by atoms with van der Waals surface area (Å²) in [5.74, 6) is -0.367. The van der Waals surface area contributed by atoms with Crippen LogP contribution in [0.2, 0.25) is 10.0 Å². The number of halogens is 3. The molecule has 35 heavy (non-hydrogen) atoms. The maximum absolute atomic E-state index is 15.5. The summed E-state index contributed by atoms with van der Waals surface area (Å²) in [7, 11) is 3.93. The van der Waals surface area contributed by atoms with Crippen molar-refractivity contribution in [3.05, 3.63) is 69.3 Å². The molecule has 0 amide bonds. The van der Waals surface area contributed by atoms with Gasteiger partial charge in [0.05, 0.1) is 23.0 Å². The highest BCUT2D eigenvalue weighted by Gasteiger charge is 2.32. The van der Waals surface area contributed by atoms with Crippen molar-refractivity contribution >= 4 is 29.2 Å². The van der Waals surface area contributed by atoms with E-state index in [2.05, 4.69) is 0 Å². The van der Waals surface area contributed by atoms with Gasteiger partial charge >= 0.3 is 5.97 Å². The molecule has 1 aliphatic rings. The third-order valence-electron chi connectivity index (χ3n) is 6.33. The second-order valence-corrected chi connectivity index (χ2v) is 10.0. The zero-order chi connectivity index (χ0) is 25.1. The molecule has 0 atom stereocenters. The van der Waals surface area contributed by atoms with Crippen LogP contribution in [-0.2, 0) is 11.3 Å². The summed E-state index contributed by atoms with van der Waals surface area (Å²) < 4.78 is 22.7. The highest BCUT2D eigenvalue weighted by molar-refractivity contribution is 6.31. The molecule has 1 heterocycles. The predicted octanol–water partition coefficient (Wildman–Crippen LogP) is 7.27. The first-order chi connectivity index (χ1) is 16.8. The lowest BCUT2D eigenvalue weighted by molar-refractivity contribution is 0.0521. The zero-order valence-corrected chi connectivity index (χ0v) is 21.8. The summed E-state index contributed by atoms with van der Waals surface area (Å²) in [5.41, 5.74) is 2.54. The molecule has 0 bridgehead atoms. The van der Waals surface area contributed by atoms with Gasteiger partial charge in [0.2, 0.25) is 0 Å². The number of hydrogen-bond acceptors (Lipinski definition) is 4. The molecule has 186 valence electrons. The van der Waals surface area contributed by atoms with E-state index >= 15 is 4.39 Å². The number of rotatable bonds is 7. The highest BCUT2D eigenvalue weighted by atomic mass is 35.5. The van der Waals surface area contributed by atoms with Crippen LogP contribution in [0.15, 0.2) is 36.4 Å².